The average Bonchev–Trinajstić information content (AvgIpc) is 2.72. The normalized spacial score (nSPS) is 10.5. The van der Waals surface area contributed by atoms with E-state index in [1.165, 1.54) is 31.3 Å². The highest BCUT2D eigenvalue weighted by atomic mass is 35.5. The van der Waals surface area contributed by atoms with E-state index in [1.807, 2.05) is 0 Å². The summed E-state index contributed by atoms with van der Waals surface area (Å²) in [5.41, 5.74) is 2.15. The van der Waals surface area contributed by atoms with E-state index in [4.69, 9.17) is 16.3 Å². The lowest BCUT2D eigenvalue weighted by Crippen LogP contribution is -2.01. The van der Waals surface area contributed by atoms with Gasteiger partial charge in [-0.15, -0.1) is 0 Å². The first kappa shape index (κ1) is 20.0. The summed E-state index contributed by atoms with van der Waals surface area (Å²) >= 11 is 7.88. The third-order valence-corrected chi connectivity index (χ3v) is 5.22. The Morgan fingerprint density at radius 1 is 1.29 bits per heavy atom. The Labute approximate surface area is 171 Å². The number of benzene rings is 2. The standard InChI is InChI=1S/C19H17ClFN5OS/c1-3-8-28-26-14-5-4-12(21)19(17(14)20)24-13-6-7-15-18(11(13)9-22)25-16(27-2)10-23-15/h4-7,10,24,26H,3,8H2,1-2H3. The number of ether oxygens (including phenoxy) is 1. The van der Waals surface area contributed by atoms with Gasteiger partial charge in [0.1, 0.15) is 23.0 Å². The number of hydrogen-bond acceptors (Lipinski definition) is 7. The molecule has 28 heavy (non-hydrogen) atoms. The Morgan fingerprint density at radius 2 is 2.07 bits per heavy atom. The molecule has 3 aromatic rings. The summed E-state index contributed by atoms with van der Waals surface area (Å²) < 4.78 is 22.7. The smallest absolute Gasteiger partial charge is 0.232 e. The molecule has 0 amide bonds. The molecule has 0 aliphatic rings. The third-order valence-electron chi connectivity index (χ3n) is 3.85. The zero-order valence-corrected chi connectivity index (χ0v) is 16.8. The fourth-order valence-corrected chi connectivity index (χ4v) is 3.42. The van der Waals surface area contributed by atoms with Crippen LogP contribution in [0.1, 0.15) is 18.9 Å². The number of nitriles is 1. The van der Waals surface area contributed by atoms with E-state index in [0.717, 1.165) is 12.2 Å². The second-order valence-corrected chi connectivity index (χ2v) is 7.02. The van der Waals surface area contributed by atoms with Crippen molar-refractivity contribution in [1.29, 1.82) is 5.26 Å². The van der Waals surface area contributed by atoms with Crippen LogP contribution < -0.4 is 14.8 Å². The largest absolute Gasteiger partial charge is 0.480 e. The Morgan fingerprint density at radius 3 is 2.79 bits per heavy atom. The lowest BCUT2D eigenvalue weighted by atomic mass is 10.1. The predicted octanol–water partition coefficient (Wildman–Crippen LogP) is 5.52. The number of nitrogens with zero attached hydrogens (tertiary/aromatic N) is 3. The summed E-state index contributed by atoms with van der Waals surface area (Å²) in [6.45, 7) is 2.06. The first-order chi connectivity index (χ1) is 13.6. The highest BCUT2D eigenvalue weighted by Crippen LogP contribution is 2.37. The molecule has 0 bridgehead atoms. The maximum absolute atomic E-state index is 14.5. The van der Waals surface area contributed by atoms with Gasteiger partial charge >= 0.3 is 0 Å². The van der Waals surface area contributed by atoms with Crippen LogP contribution in [0.4, 0.5) is 21.5 Å². The van der Waals surface area contributed by atoms with Crippen LogP contribution >= 0.6 is 23.5 Å². The van der Waals surface area contributed by atoms with Crippen LogP contribution in [0.2, 0.25) is 5.02 Å². The van der Waals surface area contributed by atoms with Crippen LogP contribution in [-0.4, -0.2) is 22.8 Å². The molecule has 0 atom stereocenters. The van der Waals surface area contributed by atoms with Gasteiger partial charge < -0.3 is 14.8 Å². The zero-order chi connectivity index (χ0) is 20.1. The first-order valence-electron chi connectivity index (χ1n) is 8.45. The summed E-state index contributed by atoms with van der Waals surface area (Å²) in [5.74, 6) is 0.640. The number of fused-ring (bicyclic) bond motifs is 1. The molecule has 0 fully saturated rings. The molecule has 9 heteroatoms. The van der Waals surface area contributed by atoms with Gasteiger partial charge in [-0.25, -0.2) is 14.4 Å². The van der Waals surface area contributed by atoms with E-state index in [0.29, 0.717) is 22.4 Å². The fraction of sp³-hybridized carbons (Fsp3) is 0.211. The molecular formula is C19H17ClFN5OS. The average molecular weight is 418 g/mol. The van der Waals surface area contributed by atoms with Gasteiger partial charge in [0.2, 0.25) is 5.88 Å². The lowest BCUT2D eigenvalue weighted by molar-refractivity contribution is 0.397. The monoisotopic (exact) mass is 417 g/mol. The molecule has 144 valence electrons. The summed E-state index contributed by atoms with van der Waals surface area (Å²) in [6, 6.07) is 8.33. The fourth-order valence-electron chi connectivity index (χ4n) is 2.49. The molecule has 1 aromatic heterocycles. The van der Waals surface area contributed by atoms with Crippen LogP contribution in [0.3, 0.4) is 0 Å². The van der Waals surface area contributed by atoms with Crippen molar-refractivity contribution in [2.45, 2.75) is 13.3 Å². The topological polar surface area (TPSA) is 82.9 Å². The molecule has 0 spiro atoms. The van der Waals surface area contributed by atoms with E-state index in [2.05, 4.69) is 33.0 Å². The van der Waals surface area contributed by atoms with Crippen molar-refractivity contribution in [3.05, 3.63) is 46.9 Å². The minimum Gasteiger partial charge on any atom is -0.480 e. The number of anilines is 3. The third kappa shape index (κ3) is 4.06. The van der Waals surface area contributed by atoms with Crippen molar-refractivity contribution in [3.63, 3.8) is 0 Å². The molecule has 0 saturated heterocycles. The number of hydrogen-bond donors (Lipinski definition) is 2. The van der Waals surface area contributed by atoms with Gasteiger partial charge in [0.05, 0.1) is 40.9 Å². The van der Waals surface area contributed by atoms with Crippen molar-refractivity contribution >= 4 is 51.6 Å². The van der Waals surface area contributed by atoms with E-state index < -0.39 is 5.82 Å². The van der Waals surface area contributed by atoms with E-state index in [9.17, 15) is 9.65 Å². The second-order valence-electron chi connectivity index (χ2n) is 5.74. The van der Waals surface area contributed by atoms with Gasteiger partial charge in [0.15, 0.2) is 0 Å². The summed E-state index contributed by atoms with van der Waals surface area (Å²) in [6.07, 6.45) is 2.46. The molecule has 1 heterocycles. The van der Waals surface area contributed by atoms with Crippen molar-refractivity contribution in [2.75, 3.05) is 22.9 Å². The van der Waals surface area contributed by atoms with Crippen LogP contribution in [-0.2, 0) is 0 Å². The number of nitrogens with one attached hydrogen (secondary N) is 2. The Hall–Kier alpha value is -2.76. The zero-order valence-electron chi connectivity index (χ0n) is 15.2. The van der Waals surface area contributed by atoms with Gasteiger partial charge in [-0.05, 0) is 30.7 Å². The molecular weight excluding hydrogens is 401 g/mol. The van der Waals surface area contributed by atoms with Crippen LogP contribution in [0.15, 0.2) is 30.5 Å². The van der Waals surface area contributed by atoms with Crippen molar-refractivity contribution in [1.82, 2.24) is 9.97 Å². The summed E-state index contributed by atoms with van der Waals surface area (Å²) in [4.78, 5) is 8.51. The summed E-state index contributed by atoms with van der Waals surface area (Å²) in [5, 5.41) is 12.8. The van der Waals surface area contributed by atoms with Gasteiger partial charge in [0, 0.05) is 5.75 Å². The molecule has 0 radical (unpaired) electrons. The highest BCUT2D eigenvalue weighted by molar-refractivity contribution is 8.00. The minimum absolute atomic E-state index is 0.0791. The molecule has 3 rings (SSSR count). The second kappa shape index (κ2) is 8.95. The maximum atomic E-state index is 14.5. The molecule has 0 aliphatic heterocycles. The Kier molecular flexibility index (Phi) is 6.39. The molecule has 2 N–H and O–H groups in total. The van der Waals surface area contributed by atoms with Gasteiger partial charge in [-0.3, -0.25) is 0 Å². The molecule has 2 aromatic carbocycles. The molecule has 0 unspecified atom stereocenters. The quantitative estimate of drug-likeness (QED) is 0.387. The maximum Gasteiger partial charge on any atom is 0.232 e. The first-order valence-corrected chi connectivity index (χ1v) is 9.82. The molecule has 0 aliphatic carbocycles. The predicted molar refractivity (Wildman–Crippen MR) is 112 cm³/mol. The SMILES string of the molecule is CCCSNc1ccc(F)c(Nc2ccc3ncc(OC)nc3c2C#N)c1Cl. The van der Waals surface area contributed by atoms with Gasteiger partial charge in [-0.2, -0.15) is 5.26 Å². The number of rotatable bonds is 7. The van der Waals surface area contributed by atoms with Crippen molar-refractivity contribution < 1.29 is 9.13 Å². The van der Waals surface area contributed by atoms with Crippen molar-refractivity contribution in [3.8, 4) is 11.9 Å². The summed E-state index contributed by atoms with van der Waals surface area (Å²) in [7, 11) is 1.47. The van der Waals surface area contributed by atoms with Crippen LogP contribution in [0.25, 0.3) is 11.0 Å². The van der Waals surface area contributed by atoms with Gasteiger partial charge in [-0.1, -0.05) is 30.5 Å². The van der Waals surface area contributed by atoms with E-state index >= 15 is 0 Å². The number of halogens is 2. The Bertz CT molecular complexity index is 1060. The molecule has 0 saturated carbocycles. The van der Waals surface area contributed by atoms with Crippen LogP contribution in [0, 0.1) is 17.1 Å². The number of aromatic nitrogens is 2. The highest BCUT2D eigenvalue weighted by Gasteiger charge is 2.16. The van der Waals surface area contributed by atoms with Gasteiger partial charge in [0.25, 0.3) is 0 Å². The number of methoxy groups -OCH3 is 1. The lowest BCUT2D eigenvalue weighted by Gasteiger charge is -2.15. The van der Waals surface area contributed by atoms with E-state index in [1.54, 1.807) is 18.2 Å². The Balaban J connectivity index is 2.03. The van der Waals surface area contributed by atoms with Crippen LogP contribution in [0.5, 0.6) is 5.88 Å². The molecule has 6 nitrogen and oxygen atoms in total. The minimum atomic E-state index is -0.531. The van der Waals surface area contributed by atoms with E-state index in [-0.39, 0.29) is 22.2 Å². The van der Waals surface area contributed by atoms with Crippen molar-refractivity contribution in [2.24, 2.45) is 0 Å².